The summed E-state index contributed by atoms with van der Waals surface area (Å²) in [6, 6.07) is 12.2. The van der Waals surface area contributed by atoms with Crippen LogP contribution in [0.25, 0.3) is 32.8 Å². The first-order chi connectivity index (χ1) is 16.6. The normalized spacial score (nSPS) is 12.1. The molecule has 0 saturated carbocycles. The Morgan fingerprint density at radius 3 is 2.09 bits per heavy atom. The van der Waals surface area contributed by atoms with E-state index >= 15 is 8.78 Å². The van der Waals surface area contributed by atoms with E-state index in [1.165, 1.54) is 0 Å². The van der Waals surface area contributed by atoms with Gasteiger partial charge in [0, 0.05) is 22.5 Å². The Morgan fingerprint density at radius 2 is 1.46 bits per heavy atom. The summed E-state index contributed by atoms with van der Waals surface area (Å²) in [4.78, 5) is 7.01. The Balaban J connectivity index is 2.03. The molecule has 4 aromatic rings. The van der Waals surface area contributed by atoms with E-state index < -0.39 is 25.8 Å². The van der Waals surface area contributed by atoms with Crippen molar-refractivity contribution in [3.8, 4) is 22.6 Å². The Hall–Kier alpha value is -3.17. The van der Waals surface area contributed by atoms with Crippen LogP contribution in [0.5, 0.6) is 0 Å². The largest absolute Gasteiger partial charge is 0.309 e. The number of fused-ring (bicyclic) bond motifs is 2. The van der Waals surface area contributed by atoms with Crippen LogP contribution in [0.3, 0.4) is 0 Å². The molecule has 1 aromatic heterocycles. The maximum absolute atomic E-state index is 15.6. The van der Waals surface area contributed by atoms with Gasteiger partial charge in [-0.15, -0.1) is 5.54 Å². The summed E-state index contributed by atoms with van der Waals surface area (Å²) < 4.78 is 44.6. The maximum Gasteiger partial charge on any atom is 0.309 e. The van der Waals surface area contributed by atoms with E-state index in [1.807, 2.05) is 24.3 Å². The molecule has 0 amide bonds. The molecule has 0 aliphatic carbocycles. The molecule has 180 valence electrons. The molecule has 0 N–H and O–H groups in total. The summed E-state index contributed by atoms with van der Waals surface area (Å²) in [7, 11) is -2.03. The van der Waals surface area contributed by atoms with Crippen LogP contribution in [0.1, 0.15) is 47.1 Å². The SMILES string of the molecule is CC(C)[Si](C#Cc1cccc2cccc(-c3c(F)cc4cnc(F)nc4c3F)c12)(C(C)C)C(C)C. The average Bonchev–Trinajstić information content (AvgIpc) is 2.79. The first-order valence-electron chi connectivity index (χ1n) is 11.9. The predicted octanol–water partition coefficient (Wildman–Crippen LogP) is 8.44. The van der Waals surface area contributed by atoms with E-state index in [0.717, 1.165) is 23.2 Å². The minimum Gasteiger partial charge on any atom is -0.210 e. The number of halogens is 3. The quantitative estimate of drug-likeness (QED) is 0.163. The molecule has 0 unspecified atom stereocenters. The van der Waals surface area contributed by atoms with Crippen LogP contribution in [0.2, 0.25) is 16.6 Å². The van der Waals surface area contributed by atoms with Gasteiger partial charge in [0.25, 0.3) is 0 Å². The van der Waals surface area contributed by atoms with Crippen LogP contribution in [0.15, 0.2) is 48.7 Å². The van der Waals surface area contributed by atoms with Gasteiger partial charge in [-0.05, 0) is 39.7 Å². The highest BCUT2D eigenvalue weighted by molar-refractivity contribution is 6.90. The van der Waals surface area contributed by atoms with E-state index in [0.29, 0.717) is 27.6 Å². The standard InChI is InChI=1S/C29H29F3N2Si/c1-17(2)35(18(3)4,19(5)6)14-13-21-10-7-9-20-11-8-12-23(25(20)21)26-24(30)15-22-16-33-29(32)34-28(22)27(26)31/h7-12,15-19H,1-6H3. The number of aromatic nitrogens is 2. The summed E-state index contributed by atoms with van der Waals surface area (Å²) in [5.41, 5.74) is 5.68. The number of nitrogens with zero attached hydrogens (tertiary/aromatic N) is 2. The van der Waals surface area contributed by atoms with Gasteiger partial charge in [-0.25, -0.2) is 13.8 Å². The summed E-state index contributed by atoms with van der Waals surface area (Å²) in [6.45, 7) is 13.5. The number of rotatable bonds is 4. The molecule has 0 bridgehead atoms. The summed E-state index contributed by atoms with van der Waals surface area (Å²) >= 11 is 0. The van der Waals surface area contributed by atoms with E-state index in [2.05, 4.69) is 63.0 Å². The average molecular weight is 491 g/mol. The highest BCUT2D eigenvalue weighted by Gasteiger charge is 2.41. The molecule has 3 aromatic carbocycles. The number of hydrogen-bond donors (Lipinski definition) is 0. The molecule has 0 saturated heterocycles. The molecule has 4 rings (SSSR count). The summed E-state index contributed by atoms with van der Waals surface area (Å²) in [5.74, 6) is 1.78. The van der Waals surface area contributed by atoms with Crippen molar-refractivity contribution < 1.29 is 13.2 Å². The minimum absolute atomic E-state index is 0.104. The van der Waals surface area contributed by atoms with Crippen LogP contribution in [-0.2, 0) is 0 Å². The van der Waals surface area contributed by atoms with Gasteiger partial charge >= 0.3 is 6.08 Å². The van der Waals surface area contributed by atoms with Crippen molar-refractivity contribution in [3.63, 3.8) is 0 Å². The van der Waals surface area contributed by atoms with Crippen LogP contribution >= 0.6 is 0 Å². The van der Waals surface area contributed by atoms with Crippen molar-refractivity contribution in [1.82, 2.24) is 9.97 Å². The van der Waals surface area contributed by atoms with Gasteiger partial charge in [0.1, 0.15) is 19.4 Å². The number of benzene rings is 3. The van der Waals surface area contributed by atoms with Crippen LogP contribution in [0.4, 0.5) is 13.2 Å². The lowest BCUT2D eigenvalue weighted by Gasteiger charge is -2.38. The third-order valence-electron chi connectivity index (χ3n) is 7.19. The van der Waals surface area contributed by atoms with Crippen molar-refractivity contribution in [2.24, 2.45) is 0 Å². The molecule has 0 spiro atoms. The van der Waals surface area contributed by atoms with Crippen molar-refractivity contribution in [1.29, 1.82) is 0 Å². The fraction of sp³-hybridized carbons (Fsp3) is 0.310. The van der Waals surface area contributed by atoms with Crippen molar-refractivity contribution >= 4 is 29.7 Å². The molecule has 0 aliphatic heterocycles. The third-order valence-corrected chi connectivity index (χ3v) is 13.5. The zero-order valence-corrected chi connectivity index (χ0v) is 21.9. The molecule has 2 nitrogen and oxygen atoms in total. The second-order valence-electron chi connectivity index (χ2n) is 9.98. The highest BCUT2D eigenvalue weighted by atomic mass is 28.3. The van der Waals surface area contributed by atoms with E-state index in [9.17, 15) is 4.39 Å². The zero-order valence-electron chi connectivity index (χ0n) is 20.9. The van der Waals surface area contributed by atoms with Crippen molar-refractivity contribution in [2.75, 3.05) is 0 Å². The summed E-state index contributed by atoms with van der Waals surface area (Å²) in [6.07, 6.45) is 0.0254. The molecule has 0 atom stereocenters. The van der Waals surface area contributed by atoms with Gasteiger partial charge in [0.15, 0.2) is 5.82 Å². The molecular weight excluding hydrogens is 461 g/mol. The molecule has 1 heterocycles. The lowest BCUT2D eigenvalue weighted by molar-refractivity contribution is 0.538. The first-order valence-corrected chi connectivity index (χ1v) is 14.2. The fourth-order valence-corrected chi connectivity index (χ4v) is 10.8. The monoisotopic (exact) mass is 490 g/mol. The maximum atomic E-state index is 15.6. The second kappa shape index (κ2) is 9.47. The smallest absolute Gasteiger partial charge is 0.210 e. The third kappa shape index (κ3) is 4.23. The topological polar surface area (TPSA) is 25.8 Å². The molecule has 6 heteroatoms. The Morgan fingerprint density at radius 1 is 0.829 bits per heavy atom. The van der Waals surface area contributed by atoms with Gasteiger partial charge in [0.2, 0.25) is 0 Å². The van der Waals surface area contributed by atoms with Gasteiger partial charge in [-0.2, -0.15) is 9.37 Å². The van der Waals surface area contributed by atoms with Gasteiger partial charge < -0.3 is 0 Å². The van der Waals surface area contributed by atoms with Gasteiger partial charge in [-0.3, -0.25) is 0 Å². The van der Waals surface area contributed by atoms with Crippen LogP contribution < -0.4 is 0 Å². The van der Waals surface area contributed by atoms with E-state index in [4.69, 9.17) is 0 Å². The lowest BCUT2D eigenvalue weighted by Crippen LogP contribution is -2.43. The Labute approximate surface area is 205 Å². The van der Waals surface area contributed by atoms with E-state index in [1.54, 1.807) is 12.1 Å². The lowest BCUT2D eigenvalue weighted by atomic mass is 9.93. The van der Waals surface area contributed by atoms with E-state index in [-0.39, 0.29) is 16.5 Å². The van der Waals surface area contributed by atoms with Crippen molar-refractivity contribution in [2.45, 2.75) is 58.2 Å². The molecule has 0 aliphatic rings. The van der Waals surface area contributed by atoms with Crippen LogP contribution in [-0.4, -0.2) is 18.0 Å². The predicted molar refractivity (Wildman–Crippen MR) is 140 cm³/mol. The Kier molecular flexibility index (Phi) is 6.74. The van der Waals surface area contributed by atoms with Gasteiger partial charge in [-0.1, -0.05) is 77.8 Å². The highest BCUT2D eigenvalue weighted by Crippen LogP contribution is 2.41. The zero-order chi connectivity index (χ0) is 25.5. The molecule has 35 heavy (non-hydrogen) atoms. The molecule has 0 fully saturated rings. The Bertz CT molecular complexity index is 1460. The first kappa shape index (κ1) is 24.9. The molecular formula is C29H29F3N2Si. The van der Waals surface area contributed by atoms with Crippen LogP contribution in [0, 0.1) is 29.2 Å². The van der Waals surface area contributed by atoms with Gasteiger partial charge in [0.05, 0.1) is 5.56 Å². The summed E-state index contributed by atoms with van der Waals surface area (Å²) in [5, 5.41) is 1.60. The molecule has 0 radical (unpaired) electrons. The minimum atomic E-state index is -2.03. The number of hydrogen-bond acceptors (Lipinski definition) is 2. The second-order valence-corrected chi connectivity index (χ2v) is 15.6. The van der Waals surface area contributed by atoms with Crippen molar-refractivity contribution in [3.05, 3.63) is 71.9 Å². The fourth-order valence-electron chi connectivity index (χ4n) is 5.59.